The Kier molecular flexibility index (Phi) is 6.61. The van der Waals surface area contributed by atoms with Gasteiger partial charge in [0.25, 0.3) is 0 Å². The fourth-order valence-corrected chi connectivity index (χ4v) is 2.80. The van der Waals surface area contributed by atoms with E-state index in [-0.39, 0.29) is 5.54 Å². The van der Waals surface area contributed by atoms with Gasteiger partial charge in [-0.3, -0.25) is 4.90 Å². The van der Waals surface area contributed by atoms with Gasteiger partial charge >= 0.3 is 0 Å². The summed E-state index contributed by atoms with van der Waals surface area (Å²) in [6.07, 6.45) is 2.52. The molecule has 0 amide bonds. The van der Waals surface area contributed by atoms with Crippen LogP contribution in [0.4, 0.5) is 0 Å². The Morgan fingerprint density at radius 2 is 1.83 bits per heavy atom. The fourth-order valence-electron chi connectivity index (χ4n) is 2.80. The summed E-state index contributed by atoms with van der Waals surface area (Å²) in [6.45, 7) is 16.6. The molecule has 2 atom stereocenters. The first-order valence-corrected chi connectivity index (χ1v) is 7.58. The molecule has 3 nitrogen and oxygen atoms in total. The van der Waals surface area contributed by atoms with Crippen LogP contribution in [0.2, 0.25) is 0 Å². The summed E-state index contributed by atoms with van der Waals surface area (Å²) in [5.41, 5.74) is 0.212. The van der Waals surface area contributed by atoms with Crippen molar-refractivity contribution in [1.82, 2.24) is 10.2 Å². The number of nitrogens with one attached hydrogen (secondary N) is 1. The van der Waals surface area contributed by atoms with Gasteiger partial charge in [-0.2, -0.15) is 0 Å². The van der Waals surface area contributed by atoms with Crippen LogP contribution in [0.25, 0.3) is 0 Å². The lowest BCUT2D eigenvalue weighted by Gasteiger charge is -2.46. The van der Waals surface area contributed by atoms with Crippen LogP contribution in [-0.4, -0.2) is 49.3 Å². The minimum Gasteiger partial charge on any atom is -0.379 e. The molecule has 1 aliphatic heterocycles. The average Bonchev–Trinajstić information content (AvgIpc) is 2.39. The minimum atomic E-state index is 0.212. The number of likely N-dealkylation sites (N-methyl/N-ethyl adjacent to an activating group) is 1. The summed E-state index contributed by atoms with van der Waals surface area (Å²) >= 11 is 0. The van der Waals surface area contributed by atoms with Crippen molar-refractivity contribution in [2.45, 2.75) is 59.0 Å². The van der Waals surface area contributed by atoms with Crippen LogP contribution >= 0.6 is 0 Å². The van der Waals surface area contributed by atoms with Gasteiger partial charge < -0.3 is 10.1 Å². The standard InChI is InChI=1S/C15H32N2O/c1-6-13(3)12-14(16-7-2)15(4,5)17-8-10-18-11-9-17/h13-14,16H,6-12H2,1-5H3. The molecule has 0 radical (unpaired) electrons. The topological polar surface area (TPSA) is 24.5 Å². The zero-order valence-electron chi connectivity index (χ0n) is 13.0. The van der Waals surface area contributed by atoms with Crippen LogP contribution in [0.5, 0.6) is 0 Å². The van der Waals surface area contributed by atoms with Gasteiger partial charge in [-0.05, 0) is 32.7 Å². The maximum Gasteiger partial charge on any atom is 0.0594 e. The van der Waals surface area contributed by atoms with Crippen LogP contribution in [0.3, 0.4) is 0 Å². The number of nitrogens with zero attached hydrogens (tertiary/aromatic N) is 1. The van der Waals surface area contributed by atoms with Gasteiger partial charge in [0, 0.05) is 24.7 Å². The highest BCUT2D eigenvalue weighted by Gasteiger charge is 2.36. The highest BCUT2D eigenvalue weighted by atomic mass is 16.5. The third-order valence-electron chi connectivity index (χ3n) is 4.46. The Morgan fingerprint density at radius 3 is 2.33 bits per heavy atom. The van der Waals surface area contributed by atoms with E-state index in [4.69, 9.17) is 4.74 Å². The summed E-state index contributed by atoms with van der Waals surface area (Å²) in [6, 6.07) is 0.565. The smallest absolute Gasteiger partial charge is 0.0594 e. The second kappa shape index (κ2) is 7.46. The number of morpholine rings is 1. The molecule has 0 aromatic heterocycles. The zero-order chi connectivity index (χ0) is 13.6. The van der Waals surface area contributed by atoms with E-state index in [1.54, 1.807) is 0 Å². The van der Waals surface area contributed by atoms with Gasteiger partial charge in [-0.25, -0.2) is 0 Å². The van der Waals surface area contributed by atoms with Crippen molar-refractivity contribution in [3.63, 3.8) is 0 Å². The van der Waals surface area contributed by atoms with Crippen molar-refractivity contribution in [2.24, 2.45) is 5.92 Å². The molecule has 0 spiro atoms. The van der Waals surface area contributed by atoms with Gasteiger partial charge in [0.1, 0.15) is 0 Å². The minimum absolute atomic E-state index is 0.212. The van der Waals surface area contributed by atoms with Crippen molar-refractivity contribution in [3.8, 4) is 0 Å². The number of hydrogen-bond acceptors (Lipinski definition) is 3. The van der Waals surface area contributed by atoms with E-state index < -0.39 is 0 Å². The van der Waals surface area contributed by atoms with Crippen LogP contribution in [-0.2, 0) is 4.74 Å². The summed E-state index contributed by atoms with van der Waals surface area (Å²) in [5.74, 6) is 0.786. The van der Waals surface area contributed by atoms with Gasteiger partial charge in [-0.1, -0.05) is 27.2 Å². The molecule has 1 rings (SSSR count). The molecule has 18 heavy (non-hydrogen) atoms. The predicted molar refractivity (Wildman–Crippen MR) is 78.0 cm³/mol. The van der Waals surface area contributed by atoms with Crippen molar-refractivity contribution < 1.29 is 4.74 Å². The molecule has 1 aliphatic rings. The SMILES string of the molecule is CCNC(CC(C)CC)C(C)(C)N1CCOCC1. The Morgan fingerprint density at radius 1 is 1.22 bits per heavy atom. The molecule has 1 N–H and O–H groups in total. The molecule has 3 heteroatoms. The Labute approximate surface area is 113 Å². The van der Waals surface area contributed by atoms with Crippen LogP contribution < -0.4 is 5.32 Å². The molecule has 0 bridgehead atoms. The number of rotatable bonds is 7. The first kappa shape index (κ1) is 15.9. The monoisotopic (exact) mass is 256 g/mol. The molecule has 2 unspecified atom stereocenters. The normalized spacial score (nSPS) is 21.8. The average molecular weight is 256 g/mol. The second-order valence-corrected chi connectivity index (χ2v) is 6.11. The van der Waals surface area contributed by atoms with Crippen LogP contribution in [0, 0.1) is 5.92 Å². The third-order valence-corrected chi connectivity index (χ3v) is 4.46. The highest BCUT2D eigenvalue weighted by molar-refractivity contribution is 4.94. The van der Waals surface area contributed by atoms with E-state index in [1.165, 1.54) is 12.8 Å². The zero-order valence-corrected chi connectivity index (χ0v) is 13.0. The van der Waals surface area contributed by atoms with E-state index >= 15 is 0 Å². The van der Waals surface area contributed by atoms with E-state index in [2.05, 4.69) is 44.8 Å². The van der Waals surface area contributed by atoms with E-state index in [9.17, 15) is 0 Å². The molecule has 0 aromatic rings. The molecule has 1 heterocycles. The second-order valence-electron chi connectivity index (χ2n) is 6.11. The lowest BCUT2D eigenvalue weighted by molar-refractivity contribution is -0.0259. The number of ether oxygens (including phenoxy) is 1. The van der Waals surface area contributed by atoms with Gasteiger partial charge in [0.2, 0.25) is 0 Å². The molecular formula is C15H32N2O. The largest absolute Gasteiger partial charge is 0.379 e. The van der Waals surface area contributed by atoms with E-state index in [0.29, 0.717) is 6.04 Å². The highest BCUT2D eigenvalue weighted by Crippen LogP contribution is 2.25. The quantitative estimate of drug-likeness (QED) is 0.757. The molecule has 0 aromatic carbocycles. The molecule has 0 aliphatic carbocycles. The lowest BCUT2D eigenvalue weighted by Crippen LogP contribution is -2.60. The Bertz CT molecular complexity index is 225. The first-order chi connectivity index (χ1) is 8.52. The van der Waals surface area contributed by atoms with Crippen molar-refractivity contribution in [2.75, 3.05) is 32.8 Å². The van der Waals surface area contributed by atoms with Gasteiger partial charge in [0.05, 0.1) is 13.2 Å². The molecular weight excluding hydrogens is 224 g/mol. The maximum absolute atomic E-state index is 5.47. The summed E-state index contributed by atoms with van der Waals surface area (Å²) in [5, 5.41) is 3.70. The van der Waals surface area contributed by atoms with Crippen LogP contribution in [0.1, 0.15) is 47.5 Å². The van der Waals surface area contributed by atoms with E-state index in [1.807, 2.05) is 0 Å². The maximum atomic E-state index is 5.47. The summed E-state index contributed by atoms with van der Waals surface area (Å²) in [7, 11) is 0. The molecule has 1 fully saturated rings. The molecule has 0 saturated carbocycles. The Balaban J connectivity index is 2.67. The van der Waals surface area contributed by atoms with Crippen molar-refractivity contribution >= 4 is 0 Å². The van der Waals surface area contributed by atoms with Crippen molar-refractivity contribution in [1.29, 1.82) is 0 Å². The predicted octanol–water partition coefficient (Wildman–Crippen LogP) is 2.51. The summed E-state index contributed by atoms with van der Waals surface area (Å²) in [4.78, 5) is 2.59. The van der Waals surface area contributed by atoms with E-state index in [0.717, 1.165) is 38.8 Å². The lowest BCUT2D eigenvalue weighted by atomic mass is 9.84. The van der Waals surface area contributed by atoms with Crippen molar-refractivity contribution in [3.05, 3.63) is 0 Å². The summed E-state index contributed by atoms with van der Waals surface area (Å²) < 4.78 is 5.47. The molecule has 1 saturated heterocycles. The van der Waals surface area contributed by atoms with Gasteiger partial charge in [-0.15, -0.1) is 0 Å². The van der Waals surface area contributed by atoms with Crippen LogP contribution in [0.15, 0.2) is 0 Å². The Hall–Kier alpha value is -0.120. The molecule has 108 valence electrons. The fraction of sp³-hybridized carbons (Fsp3) is 1.00. The first-order valence-electron chi connectivity index (χ1n) is 7.58. The van der Waals surface area contributed by atoms with Gasteiger partial charge in [0.15, 0.2) is 0 Å². The number of hydrogen-bond donors (Lipinski definition) is 1. The third kappa shape index (κ3) is 4.22.